The van der Waals surface area contributed by atoms with Crippen molar-refractivity contribution in [2.24, 2.45) is 0 Å². The first kappa shape index (κ1) is 13.1. The lowest BCUT2D eigenvalue weighted by molar-refractivity contribution is -0.101. The van der Waals surface area contributed by atoms with Gasteiger partial charge in [0.25, 0.3) is 6.03 Å². The molecule has 0 bridgehead atoms. The summed E-state index contributed by atoms with van der Waals surface area (Å²) in [5.41, 5.74) is 0. The van der Waals surface area contributed by atoms with Crippen LogP contribution in [0.25, 0.3) is 0 Å². The van der Waals surface area contributed by atoms with E-state index >= 15 is 0 Å². The zero-order valence-corrected chi connectivity index (χ0v) is 8.87. The fourth-order valence-electron chi connectivity index (χ4n) is 0.680. The molecule has 13 heavy (non-hydrogen) atoms. The van der Waals surface area contributed by atoms with Gasteiger partial charge in [-0.1, -0.05) is 13.8 Å². The van der Waals surface area contributed by atoms with Gasteiger partial charge in [0.15, 0.2) is 0 Å². The standard InChI is InChI=1S/C7H17O5P/c1-3-5-11-7(12-6-4-2)13(8,9)10/h7H,3-6H2,1-2H3,(H2,8,9,10). The molecule has 0 rings (SSSR count). The average Bonchev–Trinajstić information content (AvgIpc) is 2.02. The Bertz CT molecular complexity index is 158. The van der Waals surface area contributed by atoms with E-state index in [0.29, 0.717) is 26.1 Å². The summed E-state index contributed by atoms with van der Waals surface area (Å²) in [5.74, 6) is 0. The maximum Gasteiger partial charge on any atom is 0.381 e. The van der Waals surface area contributed by atoms with Crippen molar-refractivity contribution in [1.82, 2.24) is 0 Å². The average molecular weight is 212 g/mol. The lowest BCUT2D eigenvalue weighted by atomic mass is 10.5. The number of rotatable bonds is 7. The molecular weight excluding hydrogens is 195 g/mol. The van der Waals surface area contributed by atoms with Gasteiger partial charge in [-0.2, -0.15) is 0 Å². The van der Waals surface area contributed by atoms with Gasteiger partial charge >= 0.3 is 7.60 Å². The molecule has 6 heteroatoms. The first-order valence-electron chi connectivity index (χ1n) is 4.30. The van der Waals surface area contributed by atoms with Crippen LogP contribution in [0.3, 0.4) is 0 Å². The molecule has 0 unspecified atom stereocenters. The Labute approximate surface area is 78.2 Å². The third-order valence-electron chi connectivity index (χ3n) is 1.20. The Morgan fingerprint density at radius 2 is 1.54 bits per heavy atom. The second kappa shape index (κ2) is 6.51. The second-order valence-electron chi connectivity index (χ2n) is 2.64. The monoisotopic (exact) mass is 212 g/mol. The molecule has 0 heterocycles. The summed E-state index contributed by atoms with van der Waals surface area (Å²) in [4.78, 5) is 17.6. The maximum atomic E-state index is 10.8. The molecule has 2 N–H and O–H groups in total. The van der Waals surface area contributed by atoms with Crippen molar-refractivity contribution < 1.29 is 23.8 Å². The van der Waals surface area contributed by atoms with Crippen molar-refractivity contribution in [3.63, 3.8) is 0 Å². The zero-order valence-electron chi connectivity index (χ0n) is 7.97. The maximum absolute atomic E-state index is 10.8. The Morgan fingerprint density at radius 1 is 1.15 bits per heavy atom. The van der Waals surface area contributed by atoms with Crippen molar-refractivity contribution in [3.8, 4) is 0 Å². The van der Waals surface area contributed by atoms with E-state index in [9.17, 15) is 4.57 Å². The Kier molecular flexibility index (Phi) is 6.55. The molecule has 0 saturated heterocycles. The van der Waals surface area contributed by atoms with Crippen molar-refractivity contribution in [2.75, 3.05) is 13.2 Å². The molecule has 0 spiro atoms. The molecule has 0 aliphatic carbocycles. The minimum Gasteiger partial charge on any atom is -0.343 e. The summed E-state index contributed by atoms with van der Waals surface area (Å²) < 4.78 is 20.5. The van der Waals surface area contributed by atoms with Crippen molar-refractivity contribution in [2.45, 2.75) is 32.7 Å². The molecule has 0 fully saturated rings. The van der Waals surface area contributed by atoms with E-state index in [-0.39, 0.29) is 0 Å². The van der Waals surface area contributed by atoms with Crippen molar-refractivity contribution in [1.29, 1.82) is 0 Å². The summed E-state index contributed by atoms with van der Waals surface area (Å²) in [6, 6.07) is -1.40. The van der Waals surface area contributed by atoms with Crippen LogP contribution >= 0.6 is 7.60 Å². The molecule has 0 aromatic carbocycles. The van der Waals surface area contributed by atoms with E-state index in [1.54, 1.807) is 0 Å². The summed E-state index contributed by atoms with van der Waals surface area (Å²) >= 11 is 0. The highest BCUT2D eigenvalue weighted by atomic mass is 31.2. The summed E-state index contributed by atoms with van der Waals surface area (Å²) in [6.45, 7) is 4.30. The van der Waals surface area contributed by atoms with Gasteiger partial charge in [-0.3, -0.25) is 4.57 Å². The molecule has 0 aromatic rings. The fraction of sp³-hybridized carbons (Fsp3) is 1.00. The van der Waals surface area contributed by atoms with Crippen LogP contribution in [0.1, 0.15) is 26.7 Å². The van der Waals surface area contributed by atoms with Crippen molar-refractivity contribution in [3.05, 3.63) is 0 Å². The molecular formula is C7H17O5P. The normalized spacial score (nSPS) is 12.4. The van der Waals surface area contributed by atoms with Crippen LogP contribution in [0.5, 0.6) is 0 Å². The first-order chi connectivity index (χ1) is 6.02. The van der Waals surface area contributed by atoms with Crippen LogP contribution in [0.15, 0.2) is 0 Å². The molecule has 5 nitrogen and oxygen atoms in total. The van der Waals surface area contributed by atoms with Gasteiger partial charge in [-0.15, -0.1) is 0 Å². The minimum absolute atomic E-state index is 0.291. The van der Waals surface area contributed by atoms with Gasteiger partial charge in [-0.05, 0) is 12.8 Å². The van der Waals surface area contributed by atoms with E-state index in [1.807, 2.05) is 13.8 Å². The molecule has 0 atom stereocenters. The quantitative estimate of drug-likeness (QED) is 0.491. The number of ether oxygens (including phenoxy) is 2. The van der Waals surface area contributed by atoms with E-state index in [2.05, 4.69) is 0 Å². The van der Waals surface area contributed by atoms with Crippen LogP contribution < -0.4 is 0 Å². The van der Waals surface area contributed by atoms with Crippen LogP contribution in [-0.4, -0.2) is 29.0 Å². The summed E-state index contributed by atoms with van der Waals surface area (Å²) in [6.07, 6.45) is 1.40. The molecule has 80 valence electrons. The number of hydrogen-bond donors (Lipinski definition) is 2. The smallest absolute Gasteiger partial charge is 0.343 e. The molecule has 0 aliphatic heterocycles. The van der Waals surface area contributed by atoms with Gasteiger partial charge in [0.2, 0.25) is 0 Å². The van der Waals surface area contributed by atoms with Gasteiger partial charge in [0.1, 0.15) is 0 Å². The second-order valence-corrected chi connectivity index (χ2v) is 4.24. The van der Waals surface area contributed by atoms with E-state index < -0.39 is 13.6 Å². The van der Waals surface area contributed by atoms with Crippen LogP contribution in [-0.2, 0) is 14.0 Å². The summed E-state index contributed by atoms with van der Waals surface area (Å²) in [7, 11) is -4.28. The predicted molar refractivity (Wildman–Crippen MR) is 48.3 cm³/mol. The summed E-state index contributed by atoms with van der Waals surface area (Å²) in [5, 5.41) is 0. The molecule has 0 saturated carbocycles. The van der Waals surface area contributed by atoms with Crippen molar-refractivity contribution >= 4 is 7.60 Å². The van der Waals surface area contributed by atoms with E-state index in [4.69, 9.17) is 19.3 Å². The highest BCUT2D eigenvalue weighted by Gasteiger charge is 2.30. The highest BCUT2D eigenvalue weighted by Crippen LogP contribution is 2.42. The molecule has 0 amide bonds. The van der Waals surface area contributed by atoms with Gasteiger partial charge in [0, 0.05) is 0 Å². The predicted octanol–water partition coefficient (Wildman–Crippen LogP) is 1.30. The lowest BCUT2D eigenvalue weighted by Crippen LogP contribution is -2.18. The molecule has 0 aromatic heterocycles. The third kappa shape index (κ3) is 6.18. The molecule has 0 radical (unpaired) electrons. The Morgan fingerprint density at radius 3 is 1.77 bits per heavy atom. The van der Waals surface area contributed by atoms with Gasteiger partial charge in [0.05, 0.1) is 13.2 Å². The van der Waals surface area contributed by atoms with Gasteiger partial charge in [-0.25, -0.2) is 0 Å². The van der Waals surface area contributed by atoms with Gasteiger partial charge < -0.3 is 19.3 Å². The van der Waals surface area contributed by atoms with Crippen LogP contribution in [0, 0.1) is 0 Å². The van der Waals surface area contributed by atoms with E-state index in [1.165, 1.54) is 0 Å². The molecule has 0 aliphatic rings. The number of hydrogen-bond acceptors (Lipinski definition) is 3. The Hall–Kier alpha value is 0.0700. The lowest BCUT2D eigenvalue weighted by Gasteiger charge is -2.18. The minimum atomic E-state index is -4.28. The fourth-order valence-corrected chi connectivity index (χ4v) is 1.28. The third-order valence-corrected chi connectivity index (χ3v) is 2.05. The first-order valence-corrected chi connectivity index (χ1v) is 5.99. The van der Waals surface area contributed by atoms with E-state index in [0.717, 1.165) is 0 Å². The highest BCUT2D eigenvalue weighted by molar-refractivity contribution is 7.52. The van der Waals surface area contributed by atoms with Crippen LogP contribution in [0.4, 0.5) is 0 Å². The topological polar surface area (TPSA) is 76.0 Å². The van der Waals surface area contributed by atoms with Crippen LogP contribution in [0.2, 0.25) is 0 Å². The zero-order chi connectivity index (χ0) is 10.3. The largest absolute Gasteiger partial charge is 0.381 e. The Balaban J connectivity index is 3.96. The SMILES string of the molecule is CCCOC(OCCC)P(=O)(O)O.